The van der Waals surface area contributed by atoms with Gasteiger partial charge in [0, 0.05) is 24.7 Å². The Balaban J connectivity index is 2.12. The lowest BCUT2D eigenvalue weighted by Gasteiger charge is -2.06. The lowest BCUT2D eigenvalue weighted by atomic mass is 9.98. The third-order valence-electron chi connectivity index (χ3n) is 3.75. The Morgan fingerprint density at radius 1 is 1.30 bits per heavy atom. The number of halogens is 1. The SMILES string of the molecule is Cc1cc(F)ccc1C(=O)CCc1c(C)nn(C)c1C. The molecular formula is C16H19FN2O. The Bertz CT molecular complexity index is 659. The number of Topliss-reactive ketones (excluding diaryl/α,β-unsaturated/α-hetero) is 1. The molecular weight excluding hydrogens is 255 g/mol. The van der Waals surface area contributed by atoms with Crippen LogP contribution in [0.3, 0.4) is 0 Å². The van der Waals surface area contributed by atoms with Crippen LogP contribution in [0.2, 0.25) is 0 Å². The molecule has 0 saturated carbocycles. The first-order valence-electron chi connectivity index (χ1n) is 6.68. The number of hydrogen-bond acceptors (Lipinski definition) is 2. The highest BCUT2D eigenvalue weighted by Crippen LogP contribution is 2.17. The molecule has 0 N–H and O–H groups in total. The van der Waals surface area contributed by atoms with Crippen LogP contribution < -0.4 is 0 Å². The van der Waals surface area contributed by atoms with Crippen LogP contribution in [0.1, 0.15) is 39.3 Å². The van der Waals surface area contributed by atoms with Gasteiger partial charge >= 0.3 is 0 Å². The van der Waals surface area contributed by atoms with Gasteiger partial charge in [-0.25, -0.2) is 4.39 Å². The van der Waals surface area contributed by atoms with Gasteiger partial charge in [0.25, 0.3) is 0 Å². The minimum atomic E-state index is -0.307. The highest BCUT2D eigenvalue weighted by atomic mass is 19.1. The van der Waals surface area contributed by atoms with Gasteiger partial charge in [-0.3, -0.25) is 9.48 Å². The lowest BCUT2D eigenvalue weighted by molar-refractivity contribution is 0.0982. The van der Waals surface area contributed by atoms with E-state index in [9.17, 15) is 9.18 Å². The summed E-state index contributed by atoms with van der Waals surface area (Å²) in [6, 6.07) is 4.30. The van der Waals surface area contributed by atoms with Gasteiger partial charge in [0.15, 0.2) is 5.78 Å². The second kappa shape index (κ2) is 5.57. The first-order valence-corrected chi connectivity index (χ1v) is 6.68. The average Bonchev–Trinajstić information content (AvgIpc) is 2.61. The summed E-state index contributed by atoms with van der Waals surface area (Å²) in [6.45, 7) is 5.72. The Kier molecular flexibility index (Phi) is 4.02. The second-order valence-corrected chi connectivity index (χ2v) is 5.16. The lowest BCUT2D eigenvalue weighted by Crippen LogP contribution is -2.05. The molecule has 0 aliphatic carbocycles. The van der Waals surface area contributed by atoms with E-state index in [4.69, 9.17) is 0 Å². The molecule has 0 spiro atoms. The summed E-state index contributed by atoms with van der Waals surface area (Å²) in [4.78, 5) is 12.2. The minimum Gasteiger partial charge on any atom is -0.294 e. The third kappa shape index (κ3) is 2.79. The summed E-state index contributed by atoms with van der Waals surface area (Å²) in [5.74, 6) is -0.261. The van der Waals surface area contributed by atoms with E-state index in [1.807, 2.05) is 25.6 Å². The topological polar surface area (TPSA) is 34.9 Å². The molecule has 0 unspecified atom stereocenters. The fourth-order valence-electron chi connectivity index (χ4n) is 2.49. The molecule has 106 valence electrons. The first kappa shape index (κ1) is 14.4. The summed E-state index contributed by atoms with van der Waals surface area (Å²) in [7, 11) is 1.90. The Morgan fingerprint density at radius 2 is 2.00 bits per heavy atom. The largest absolute Gasteiger partial charge is 0.294 e. The Hall–Kier alpha value is -1.97. The maximum Gasteiger partial charge on any atom is 0.163 e. The van der Waals surface area contributed by atoms with E-state index in [-0.39, 0.29) is 11.6 Å². The number of aromatic nitrogens is 2. The summed E-state index contributed by atoms with van der Waals surface area (Å²) < 4.78 is 14.9. The Morgan fingerprint density at radius 3 is 2.55 bits per heavy atom. The molecule has 0 aliphatic rings. The van der Waals surface area contributed by atoms with Gasteiger partial charge in [-0.1, -0.05) is 0 Å². The van der Waals surface area contributed by atoms with Crippen LogP contribution in [0.15, 0.2) is 18.2 Å². The molecule has 1 aromatic heterocycles. The van der Waals surface area contributed by atoms with E-state index in [0.29, 0.717) is 24.0 Å². The number of hydrogen-bond donors (Lipinski definition) is 0. The zero-order valence-electron chi connectivity index (χ0n) is 12.3. The van der Waals surface area contributed by atoms with Crippen molar-refractivity contribution in [2.45, 2.75) is 33.6 Å². The van der Waals surface area contributed by atoms with Crippen molar-refractivity contribution in [3.63, 3.8) is 0 Å². The molecule has 3 nitrogen and oxygen atoms in total. The van der Waals surface area contributed by atoms with Crippen LogP contribution in [0.5, 0.6) is 0 Å². The minimum absolute atomic E-state index is 0.0464. The maximum atomic E-state index is 13.0. The number of carbonyl (C=O) groups is 1. The molecule has 0 fully saturated rings. The van der Waals surface area contributed by atoms with Gasteiger partial charge in [-0.15, -0.1) is 0 Å². The van der Waals surface area contributed by atoms with E-state index >= 15 is 0 Å². The molecule has 2 rings (SSSR count). The molecule has 1 aromatic carbocycles. The number of ketones is 1. The summed E-state index contributed by atoms with van der Waals surface area (Å²) in [5.41, 5.74) is 4.47. The van der Waals surface area contributed by atoms with Gasteiger partial charge in [-0.05, 0) is 56.5 Å². The maximum absolute atomic E-state index is 13.0. The van der Waals surface area contributed by atoms with Gasteiger partial charge in [0.1, 0.15) is 5.82 Å². The summed E-state index contributed by atoms with van der Waals surface area (Å²) >= 11 is 0. The molecule has 0 amide bonds. The fourth-order valence-corrected chi connectivity index (χ4v) is 2.49. The molecule has 0 aliphatic heterocycles. The van der Waals surface area contributed by atoms with Crippen molar-refractivity contribution in [2.24, 2.45) is 7.05 Å². The van der Waals surface area contributed by atoms with Crippen molar-refractivity contribution in [3.8, 4) is 0 Å². The Labute approximate surface area is 118 Å². The normalized spacial score (nSPS) is 10.8. The smallest absolute Gasteiger partial charge is 0.163 e. The highest BCUT2D eigenvalue weighted by Gasteiger charge is 2.14. The van der Waals surface area contributed by atoms with Gasteiger partial charge < -0.3 is 0 Å². The molecule has 4 heteroatoms. The first-order chi connectivity index (χ1) is 9.40. The van der Waals surface area contributed by atoms with Gasteiger partial charge in [0.2, 0.25) is 0 Å². The van der Waals surface area contributed by atoms with Gasteiger partial charge in [-0.2, -0.15) is 5.10 Å². The molecule has 20 heavy (non-hydrogen) atoms. The summed E-state index contributed by atoms with van der Waals surface area (Å²) in [6.07, 6.45) is 1.08. The van der Waals surface area contributed by atoms with Crippen LogP contribution in [0, 0.1) is 26.6 Å². The monoisotopic (exact) mass is 274 g/mol. The molecule has 0 bridgehead atoms. The van der Waals surface area contributed by atoms with Crippen molar-refractivity contribution < 1.29 is 9.18 Å². The predicted octanol–water partition coefficient (Wildman–Crippen LogP) is 3.30. The van der Waals surface area contributed by atoms with Crippen molar-refractivity contribution >= 4 is 5.78 Å². The van der Waals surface area contributed by atoms with E-state index in [0.717, 1.165) is 17.0 Å². The zero-order chi connectivity index (χ0) is 14.9. The van der Waals surface area contributed by atoms with E-state index < -0.39 is 0 Å². The predicted molar refractivity (Wildman–Crippen MR) is 76.5 cm³/mol. The van der Waals surface area contributed by atoms with Crippen LogP contribution in [-0.4, -0.2) is 15.6 Å². The quantitative estimate of drug-likeness (QED) is 0.802. The molecule has 2 aromatic rings. The second-order valence-electron chi connectivity index (χ2n) is 5.16. The van der Waals surface area contributed by atoms with E-state index in [1.54, 1.807) is 13.0 Å². The third-order valence-corrected chi connectivity index (χ3v) is 3.75. The van der Waals surface area contributed by atoms with E-state index in [1.165, 1.54) is 12.1 Å². The van der Waals surface area contributed by atoms with Crippen molar-refractivity contribution in [1.82, 2.24) is 9.78 Å². The zero-order valence-corrected chi connectivity index (χ0v) is 12.3. The van der Waals surface area contributed by atoms with Crippen molar-refractivity contribution in [1.29, 1.82) is 0 Å². The van der Waals surface area contributed by atoms with Gasteiger partial charge in [0.05, 0.1) is 5.69 Å². The van der Waals surface area contributed by atoms with Crippen LogP contribution in [0.4, 0.5) is 4.39 Å². The number of carbonyl (C=O) groups excluding carboxylic acids is 1. The number of aryl methyl sites for hydroxylation is 3. The highest BCUT2D eigenvalue weighted by molar-refractivity contribution is 5.97. The molecule has 0 atom stereocenters. The van der Waals surface area contributed by atoms with Crippen LogP contribution in [-0.2, 0) is 13.5 Å². The standard InChI is InChI=1S/C16H19FN2O/c1-10-9-13(17)5-6-14(10)16(20)8-7-15-11(2)18-19(4)12(15)3/h5-6,9H,7-8H2,1-4H3. The molecule has 0 saturated heterocycles. The van der Waals surface area contributed by atoms with E-state index in [2.05, 4.69) is 5.10 Å². The van der Waals surface area contributed by atoms with Crippen LogP contribution in [0.25, 0.3) is 0 Å². The van der Waals surface area contributed by atoms with Crippen LogP contribution >= 0.6 is 0 Å². The van der Waals surface area contributed by atoms with Crippen molar-refractivity contribution in [2.75, 3.05) is 0 Å². The fraction of sp³-hybridized carbons (Fsp3) is 0.375. The number of rotatable bonds is 4. The average molecular weight is 274 g/mol. The van der Waals surface area contributed by atoms with Crippen molar-refractivity contribution in [3.05, 3.63) is 52.1 Å². The molecule has 1 heterocycles. The molecule has 0 radical (unpaired) electrons. The number of benzene rings is 1. The number of nitrogens with zero attached hydrogens (tertiary/aromatic N) is 2. The summed E-state index contributed by atoms with van der Waals surface area (Å²) in [5, 5.41) is 4.35.